The van der Waals surface area contributed by atoms with Crippen LogP contribution in [0.2, 0.25) is 0 Å². The van der Waals surface area contributed by atoms with Crippen molar-refractivity contribution in [3.8, 4) is 55.9 Å². The average molecular weight is 775 g/mol. The molecule has 1 aliphatic rings. The highest BCUT2D eigenvalue weighted by Crippen LogP contribution is 2.57. The Labute approximate surface area is 355 Å². The van der Waals surface area contributed by atoms with Crippen molar-refractivity contribution in [2.75, 3.05) is 0 Å². The molecule has 11 aromatic rings. The van der Waals surface area contributed by atoms with Crippen LogP contribution in [0.4, 0.5) is 0 Å². The molecule has 0 N–H and O–H groups in total. The largest absolute Gasteiger partial charge is 0.245 e. The van der Waals surface area contributed by atoms with Crippen molar-refractivity contribution in [3.05, 3.63) is 253 Å². The average Bonchev–Trinajstić information content (AvgIpc) is 3.64. The lowest BCUT2D eigenvalue weighted by Gasteiger charge is -2.34. The fourth-order valence-corrected chi connectivity index (χ4v) is 9.96. The number of rotatable bonds is 6. The van der Waals surface area contributed by atoms with Gasteiger partial charge < -0.3 is 0 Å². The predicted octanol–water partition coefficient (Wildman–Crippen LogP) is 15.0. The maximum Gasteiger partial charge on any atom is 0.0972 e. The zero-order chi connectivity index (χ0) is 40.3. The zero-order valence-electron chi connectivity index (χ0n) is 33.3. The van der Waals surface area contributed by atoms with E-state index in [9.17, 15) is 0 Å². The van der Waals surface area contributed by atoms with Crippen molar-refractivity contribution in [1.29, 1.82) is 0 Å². The molecule has 0 amide bonds. The van der Waals surface area contributed by atoms with Crippen LogP contribution in [0.1, 0.15) is 22.3 Å². The van der Waals surface area contributed by atoms with Crippen molar-refractivity contribution < 1.29 is 0 Å². The van der Waals surface area contributed by atoms with Gasteiger partial charge in [0.15, 0.2) is 0 Å². The summed E-state index contributed by atoms with van der Waals surface area (Å²) in [4.78, 5) is 10.4. The molecule has 0 bridgehead atoms. The Balaban J connectivity index is 0.980. The van der Waals surface area contributed by atoms with Gasteiger partial charge in [-0.15, -0.1) is 0 Å². The third kappa shape index (κ3) is 5.57. The Bertz CT molecular complexity index is 3420. The molecule has 0 saturated heterocycles. The van der Waals surface area contributed by atoms with E-state index in [1.165, 1.54) is 60.8 Å². The summed E-state index contributed by atoms with van der Waals surface area (Å²) in [7, 11) is 0. The molecule has 12 rings (SSSR count). The maximum atomic E-state index is 5.30. The molecule has 0 radical (unpaired) electrons. The molecule has 1 aliphatic carbocycles. The molecular weight excluding hydrogens is 737 g/mol. The number of nitrogens with zero attached hydrogens (tertiary/aromatic N) is 2. The lowest BCUT2D eigenvalue weighted by atomic mass is 9.67. The summed E-state index contributed by atoms with van der Waals surface area (Å²) in [6.07, 6.45) is 0. The normalized spacial score (nSPS) is 12.7. The quantitative estimate of drug-likeness (QED) is 0.157. The lowest BCUT2D eigenvalue weighted by Crippen LogP contribution is -2.28. The third-order valence-electron chi connectivity index (χ3n) is 12.8. The molecule has 0 unspecified atom stereocenters. The first kappa shape index (κ1) is 35.0. The second-order valence-corrected chi connectivity index (χ2v) is 16.0. The molecule has 2 heteroatoms. The summed E-state index contributed by atoms with van der Waals surface area (Å²) in [5.74, 6) is 0. The van der Waals surface area contributed by atoms with Gasteiger partial charge in [0, 0.05) is 21.9 Å². The molecule has 2 heterocycles. The first-order chi connectivity index (χ1) is 30.2. The van der Waals surface area contributed by atoms with Crippen molar-refractivity contribution in [2.45, 2.75) is 5.41 Å². The zero-order valence-corrected chi connectivity index (χ0v) is 33.3. The topological polar surface area (TPSA) is 25.8 Å². The van der Waals surface area contributed by atoms with Crippen LogP contribution in [0.25, 0.3) is 88.5 Å². The summed E-state index contributed by atoms with van der Waals surface area (Å²) in [6.45, 7) is 0. The molecule has 0 fully saturated rings. The van der Waals surface area contributed by atoms with E-state index in [0.717, 1.165) is 49.9 Å². The number of aromatic nitrogens is 2. The summed E-state index contributed by atoms with van der Waals surface area (Å²) in [5.41, 5.74) is 17.9. The lowest BCUT2D eigenvalue weighted by molar-refractivity contribution is 0.769. The van der Waals surface area contributed by atoms with Crippen LogP contribution in [-0.2, 0) is 5.41 Å². The Morgan fingerprint density at radius 1 is 0.279 bits per heavy atom. The highest BCUT2D eigenvalue weighted by atomic mass is 14.8. The Kier molecular flexibility index (Phi) is 8.11. The Morgan fingerprint density at radius 2 is 0.738 bits per heavy atom. The summed E-state index contributed by atoms with van der Waals surface area (Å²) < 4.78 is 0. The van der Waals surface area contributed by atoms with Gasteiger partial charge in [0.2, 0.25) is 0 Å². The maximum absolute atomic E-state index is 5.30. The SMILES string of the molecule is c1ccc(-c2ccc3ccc4ccc(-c5cccc(-c6ccc(-c7ccc8c(c7)C(c7ccccc7)(c7ccccc7)c7ccccc7-8)c7ccccc67)c5)nc4c3n2)cc1. The summed E-state index contributed by atoms with van der Waals surface area (Å²) >= 11 is 0. The van der Waals surface area contributed by atoms with Crippen molar-refractivity contribution in [2.24, 2.45) is 0 Å². The van der Waals surface area contributed by atoms with Crippen LogP contribution < -0.4 is 0 Å². The standard InChI is InChI=1S/C59H38N2/c1-4-15-39(16-5-1)55-35-30-40-27-28-41-31-36-56(61-58(41)57(40)60-55)44-18-14-17-42(37-44)47-33-34-48(50-24-11-10-23-49(47)50)43-29-32-52-51-25-12-13-26-53(51)59(54(52)38-43,45-19-6-2-7-20-45)46-21-8-3-9-22-46/h1-38H. The van der Waals surface area contributed by atoms with Crippen molar-refractivity contribution >= 4 is 32.6 Å². The number of benzene rings is 9. The van der Waals surface area contributed by atoms with E-state index < -0.39 is 5.41 Å². The van der Waals surface area contributed by atoms with Gasteiger partial charge in [-0.25, -0.2) is 9.97 Å². The van der Waals surface area contributed by atoms with E-state index in [4.69, 9.17) is 9.97 Å². The van der Waals surface area contributed by atoms with Gasteiger partial charge in [0.25, 0.3) is 0 Å². The monoisotopic (exact) mass is 774 g/mol. The van der Waals surface area contributed by atoms with Gasteiger partial charge in [-0.05, 0) is 90.7 Å². The van der Waals surface area contributed by atoms with Crippen LogP contribution in [-0.4, -0.2) is 9.97 Å². The van der Waals surface area contributed by atoms with Crippen LogP contribution in [0.5, 0.6) is 0 Å². The van der Waals surface area contributed by atoms with E-state index in [1.54, 1.807) is 0 Å². The molecular formula is C59H38N2. The highest BCUT2D eigenvalue weighted by molar-refractivity contribution is 6.07. The van der Waals surface area contributed by atoms with Gasteiger partial charge in [-0.1, -0.05) is 206 Å². The third-order valence-corrected chi connectivity index (χ3v) is 12.8. The number of hydrogen-bond acceptors (Lipinski definition) is 2. The number of hydrogen-bond donors (Lipinski definition) is 0. The first-order valence-corrected chi connectivity index (χ1v) is 21.0. The summed E-state index contributed by atoms with van der Waals surface area (Å²) in [5, 5.41) is 4.60. The van der Waals surface area contributed by atoms with Gasteiger partial charge in [0.05, 0.1) is 27.8 Å². The minimum Gasteiger partial charge on any atom is -0.245 e. The highest BCUT2D eigenvalue weighted by Gasteiger charge is 2.46. The van der Waals surface area contributed by atoms with E-state index >= 15 is 0 Å². The molecule has 2 nitrogen and oxygen atoms in total. The Morgan fingerprint density at radius 3 is 1.38 bits per heavy atom. The molecule has 61 heavy (non-hydrogen) atoms. The van der Waals surface area contributed by atoms with Crippen molar-refractivity contribution in [3.63, 3.8) is 0 Å². The molecule has 0 aliphatic heterocycles. The van der Waals surface area contributed by atoms with Crippen molar-refractivity contribution in [1.82, 2.24) is 9.97 Å². The molecule has 9 aromatic carbocycles. The van der Waals surface area contributed by atoms with Crippen LogP contribution >= 0.6 is 0 Å². The van der Waals surface area contributed by atoms with Gasteiger partial charge in [-0.2, -0.15) is 0 Å². The van der Waals surface area contributed by atoms with E-state index in [-0.39, 0.29) is 0 Å². The van der Waals surface area contributed by atoms with E-state index in [2.05, 4.69) is 224 Å². The second kappa shape index (κ2) is 14.1. The Hall–Kier alpha value is -7.94. The number of fused-ring (bicyclic) bond motifs is 7. The molecule has 2 aromatic heterocycles. The van der Waals surface area contributed by atoms with E-state index in [1.807, 2.05) is 6.07 Å². The molecule has 0 spiro atoms. The minimum atomic E-state index is -0.454. The second-order valence-electron chi connectivity index (χ2n) is 16.0. The first-order valence-electron chi connectivity index (χ1n) is 21.0. The van der Waals surface area contributed by atoms with Gasteiger partial charge in [0.1, 0.15) is 0 Å². The number of pyridine rings is 2. The fourth-order valence-electron chi connectivity index (χ4n) is 9.96. The van der Waals surface area contributed by atoms with E-state index in [0.29, 0.717) is 0 Å². The smallest absolute Gasteiger partial charge is 0.0972 e. The van der Waals surface area contributed by atoms with Crippen LogP contribution in [0.3, 0.4) is 0 Å². The summed E-state index contributed by atoms with van der Waals surface area (Å²) in [6, 6.07) is 83.6. The molecule has 0 atom stereocenters. The van der Waals surface area contributed by atoms with Gasteiger partial charge in [-0.3, -0.25) is 0 Å². The molecule has 0 saturated carbocycles. The van der Waals surface area contributed by atoms with Gasteiger partial charge >= 0.3 is 0 Å². The molecule has 284 valence electrons. The minimum absolute atomic E-state index is 0.454. The predicted molar refractivity (Wildman–Crippen MR) is 254 cm³/mol. The fraction of sp³-hybridized carbons (Fsp3) is 0.0169. The van der Waals surface area contributed by atoms with Crippen LogP contribution in [0, 0.1) is 0 Å². The van der Waals surface area contributed by atoms with Crippen LogP contribution in [0.15, 0.2) is 231 Å².